The lowest BCUT2D eigenvalue weighted by atomic mass is 10.1. The number of rotatable bonds is 8. The van der Waals surface area contributed by atoms with Crippen molar-refractivity contribution in [2.75, 3.05) is 13.2 Å². The third kappa shape index (κ3) is 5.51. The maximum atomic E-state index is 13.6. The molecule has 0 saturated carbocycles. The number of benzene rings is 1. The molecule has 0 bridgehead atoms. The molecule has 2 aromatic rings. The molecule has 1 aromatic heterocycles. The van der Waals surface area contributed by atoms with Crippen LogP contribution in [0, 0.1) is 0 Å². The van der Waals surface area contributed by atoms with Crippen molar-refractivity contribution in [3.05, 3.63) is 41.8 Å². The molecule has 11 heteroatoms. The number of nitrogens with zero attached hydrogens (tertiary/aromatic N) is 4. The monoisotopic (exact) mass is 453 g/mol. The van der Waals surface area contributed by atoms with E-state index >= 15 is 0 Å². The second-order valence-electron chi connectivity index (χ2n) is 7.40. The van der Waals surface area contributed by atoms with Crippen LogP contribution in [-0.4, -0.2) is 39.4 Å². The summed E-state index contributed by atoms with van der Waals surface area (Å²) >= 11 is 0. The molecule has 8 nitrogen and oxygen atoms in total. The van der Waals surface area contributed by atoms with Gasteiger partial charge in [-0.25, -0.2) is 0 Å². The van der Waals surface area contributed by atoms with Gasteiger partial charge in [0.2, 0.25) is 17.7 Å². The minimum absolute atomic E-state index is 0.0165. The molecule has 0 spiro atoms. The van der Waals surface area contributed by atoms with E-state index in [1.54, 1.807) is 11.0 Å². The number of likely N-dealkylation sites (tertiary alicyclic amines) is 1. The number of halogens is 3. The summed E-state index contributed by atoms with van der Waals surface area (Å²) in [4.78, 5) is 5.86. The van der Waals surface area contributed by atoms with E-state index in [4.69, 9.17) is 20.2 Å². The Morgan fingerprint density at radius 1 is 1.41 bits per heavy atom. The second-order valence-corrected chi connectivity index (χ2v) is 7.40. The number of allylic oxidation sites excluding steroid dienone is 1. The highest BCUT2D eigenvalue weighted by atomic mass is 19.4. The predicted octanol–water partition coefficient (Wildman–Crippen LogP) is 4.72. The van der Waals surface area contributed by atoms with Gasteiger partial charge in [-0.1, -0.05) is 42.2 Å². The van der Waals surface area contributed by atoms with Crippen molar-refractivity contribution < 1.29 is 27.6 Å². The van der Waals surface area contributed by atoms with Crippen molar-refractivity contribution in [3.63, 3.8) is 0 Å². The van der Waals surface area contributed by atoms with Gasteiger partial charge in [-0.05, 0) is 37.5 Å². The molecule has 0 radical (unpaired) electrons. The van der Waals surface area contributed by atoms with Crippen LogP contribution in [0.15, 0.2) is 40.0 Å². The smallest absolute Gasteiger partial charge is 0.419 e. The Morgan fingerprint density at radius 3 is 2.94 bits per heavy atom. The van der Waals surface area contributed by atoms with Crippen LogP contribution in [0.2, 0.25) is 0 Å². The molecule has 1 aliphatic heterocycles. The SMILES string of the molecule is CCCC/C=C/COc1ccc(-c2noc([C@@H]3CCCN3/C(N)=N/O)n2)cc1C(F)(F)F. The molecule has 32 heavy (non-hydrogen) atoms. The first-order valence-electron chi connectivity index (χ1n) is 10.4. The summed E-state index contributed by atoms with van der Waals surface area (Å²) in [5.74, 6) is -0.145. The number of alkyl halides is 3. The highest BCUT2D eigenvalue weighted by Gasteiger charge is 2.36. The van der Waals surface area contributed by atoms with Gasteiger partial charge in [-0.2, -0.15) is 18.2 Å². The van der Waals surface area contributed by atoms with Crippen molar-refractivity contribution in [1.82, 2.24) is 15.0 Å². The zero-order valence-electron chi connectivity index (χ0n) is 17.7. The van der Waals surface area contributed by atoms with Gasteiger partial charge >= 0.3 is 6.18 Å². The number of nitrogens with two attached hydrogens (primary N) is 1. The highest BCUT2D eigenvalue weighted by molar-refractivity contribution is 5.78. The topological polar surface area (TPSA) is 110 Å². The van der Waals surface area contributed by atoms with Gasteiger partial charge in [0.1, 0.15) is 18.4 Å². The van der Waals surface area contributed by atoms with Gasteiger partial charge in [0, 0.05) is 12.1 Å². The first-order valence-corrected chi connectivity index (χ1v) is 10.4. The molecule has 174 valence electrons. The van der Waals surface area contributed by atoms with Gasteiger partial charge in [0.25, 0.3) is 0 Å². The number of oxime groups is 1. The number of hydrogen-bond donors (Lipinski definition) is 2. The summed E-state index contributed by atoms with van der Waals surface area (Å²) in [5.41, 5.74) is 4.91. The highest BCUT2D eigenvalue weighted by Crippen LogP contribution is 2.39. The Hall–Kier alpha value is -3.24. The maximum absolute atomic E-state index is 13.6. The average Bonchev–Trinajstić information content (AvgIpc) is 3.44. The fourth-order valence-electron chi connectivity index (χ4n) is 3.51. The van der Waals surface area contributed by atoms with Gasteiger partial charge in [0.15, 0.2) is 0 Å². The van der Waals surface area contributed by atoms with Crippen LogP contribution < -0.4 is 10.5 Å². The summed E-state index contributed by atoms with van der Waals surface area (Å²) < 4.78 is 51.5. The summed E-state index contributed by atoms with van der Waals surface area (Å²) in [6.07, 6.45) is 3.31. The van der Waals surface area contributed by atoms with Crippen LogP contribution in [0.3, 0.4) is 0 Å². The Labute approximate surface area is 183 Å². The van der Waals surface area contributed by atoms with Crippen LogP contribution >= 0.6 is 0 Å². The minimum Gasteiger partial charge on any atom is -0.489 e. The van der Waals surface area contributed by atoms with Crippen molar-refractivity contribution in [1.29, 1.82) is 0 Å². The summed E-state index contributed by atoms with van der Waals surface area (Å²) in [5, 5.41) is 15.7. The van der Waals surface area contributed by atoms with Crippen LogP contribution in [0.1, 0.15) is 56.5 Å². The summed E-state index contributed by atoms with van der Waals surface area (Å²) in [6.45, 7) is 2.65. The fraction of sp³-hybridized carbons (Fsp3) is 0.476. The van der Waals surface area contributed by atoms with E-state index in [2.05, 4.69) is 22.2 Å². The Balaban J connectivity index is 1.79. The van der Waals surface area contributed by atoms with E-state index in [-0.39, 0.29) is 35.6 Å². The second kappa shape index (κ2) is 10.4. The lowest BCUT2D eigenvalue weighted by Gasteiger charge is -2.21. The van der Waals surface area contributed by atoms with Crippen LogP contribution in [-0.2, 0) is 6.18 Å². The molecule has 1 aromatic carbocycles. The predicted molar refractivity (Wildman–Crippen MR) is 111 cm³/mol. The molecule has 0 amide bonds. The average molecular weight is 453 g/mol. The van der Waals surface area contributed by atoms with E-state index < -0.39 is 17.8 Å². The third-order valence-electron chi connectivity index (χ3n) is 5.15. The Kier molecular flexibility index (Phi) is 7.60. The molecule has 0 unspecified atom stereocenters. The zero-order chi connectivity index (χ0) is 23.1. The fourth-order valence-corrected chi connectivity index (χ4v) is 3.51. The number of ether oxygens (including phenoxy) is 1. The number of unbranched alkanes of at least 4 members (excludes halogenated alkanes) is 2. The third-order valence-corrected chi connectivity index (χ3v) is 5.15. The molecular weight excluding hydrogens is 427 g/mol. The lowest BCUT2D eigenvalue weighted by Crippen LogP contribution is -2.36. The Morgan fingerprint density at radius 2 is 2.22 bits per heavy atom. The molecule has 1 saturated heterocycles. The molecule has 3 N–H and O–H groups in total. The molecule has 0 aliphatic carbocycles. The first-order chi connectivity index (χ1) is 15.3. The molecule has 1 aliphatic rings. The van der Waals surface area contributed by atoms with Crippen LogP contribution in [0.4, 0.5) is 13.2 Å². The summed E-state index contributed by atoms with van der Waals surface area (Å²) in [7, 11) is 0. The Bertz CT molecular complexity index is 958. The maximum Gasteiger partial charge on any atom is 0.419 e. The van der Waals surface area contributed by atoms with E-state index in [1.165, 1.54) is 12.1 Å². The number of guanidine groups is 1. The summed E-state index contributed by atoms with van der Waals surface area (Å²) in [6, 6.07) is 3.25. The normalized spacial score (nSPS) is 17.4. The van der Waals surface area contributed by atoms with E-state index in [9.17, 15) is 13.2 Å². The van der Waals surface area contributed by atoms with E-state index in [0.29, 0.717) is 13.0 Å². The van der Waals surface area contributed by atoms with Gasteiger partial charge in [-0.15, -0.1) is 0 Å². The zero-order valence-corrected chi connectivity index (χ0v) is 17.7. The minimum atomic E-state index is -4.61. The standard InChI is InChI=1S/C21H26F3N5O3/c1-2-3-4-5-6-12-31-17-10-9-14(13-15(17)21(22,23)24)18-26-19(32-28-18)16-8-7-11-29(16)20(25)27-30/h5-6,9-10,13,16,30H,2-4,7-8,11-12H2,1H3,(H2,25,27)/b6-5+/t16-/m0/s1. The molecular formula is C21H26F3N5O3. The quantitative estimate of drug-likeness (QED) is 0.149. The number of aromatic nitrogens is 2. The number of hydrogen-bond acceptors (Lipinski definition) is 6. The van der Waals surface area contributed by atoms with Crippen molar-refractivity contribution >= 4 is 5.96 Å². The largest absolute Gasteiger partial charge is 0.489 e. The molecule has 1 atom stereocenters. The van der Waals surface area contributed by atoms with E-state index in [1.807, 2.05) is 6.08 Å². The van der Waals surface area contributed by atoms with Crippen LogP contribution in [0.5, 0.6) is 5.75 Å². The van der Waals surface area contributed by atoms with Gasteiger partial charge in [-0.3, -0.25) is 0 Å². The molecule has 3 rings (SSSR count). The first kappa shape index (κ1) is 23.4. The van der Waals surface area contributed by atoms with Gasteiger partial charge in [0.05, 0.1) is 5.56 Å². The van der Waals surface area contributed by atoms with E-state index in [0.717, 1.165) is 31.7 Å². The van der Waals surface area contributed by atoms with Gasteiger partial charge < -0.3 is 25.1 Å². The van der Waals surface area contributed by atoms with Crippen molar-refractivity contribution in [3.8, 4) is 17.1 Å². The van der Waals surface area contributed by atoms with Crippen molar-refractivity contribution in [2.45, 2.75) is 51.2 Å². The van der Waals surface area contributed by atoms with Crippen LogP contribution in [0.25, 0.3) is 11.4 Å². The lowest BCUT2D eigenvalue weighted by molar-refractivity contribution is -0.138. The molecule has 1 fully saturated rings. The van der Waals surface area contributed by atoms with Crippen molar-refractivity contribution in [2.24, 2.45) is 10.9 Å². The molecule has 2 heterocycles.